The molecule has 1 aliphatic heterocycles. The lowest BCUT2D eigenvalue weighted by Crippen LogP contribution is -2.56. The van der Waals surface area contributed by atoms with E-state index in [0.29, 0.717) is 36.9 Å². The number of nitrogens with one attached hydrogen (secondary N) is 1. The van der Waals surface area contributed by atoms with Crippen LogP contribution in [-0.4, -0.2) is 41.9 Å². The normalized spacial score (nSPS) is 35.8. The minimum Gasteiger partial charge on any atom is -0.353 e. The van der Waals surface area contributed by atoms with Crippen molar-refractivity contribution in [2.45, 2.75) is 70.4 Å². The van der Waals surface area contributed by atoms with Crippen LogP contribution < -0.4 is 11.1 Å². The zero-order valence-corrected chi connectivity index (χ0v) is 15.5. The molecule has 0 aromatic heterocycles. The van der Waals surface area contributed by atoms with Crippen molar-refractivity contribution in [1.82, 2.24) is 10.2 Å². The van der Waals surface area contributed by atoms with Crippen molar-refractivity contribution in [3.63, 3.8) is 0 Å². The lowest BCUT2D eigenvalue weighted by molar-refractivity contribution is -0.136. The van der Waals surface area contributed by atoms with Crippen molar-refractivity contribution in [1.29, 1.82) is 0 Å². The van der Waals surface area contributed by atoms with E-state index in [1.165, 1.54) is 19.3 Å². The molecule has 0 spiro atoms. The predicted molar refractivity (Wildman–Crippen MR) is 96.8 cm³/mol. The molecular formula is C18H32ClN3O2. The number of hydrogen-bond donors (Lipinski definition) is 2. The van der Waals surface area contributed by atoms with Gasteiger partial charge in [-0.25, -0.2) is 0 Å². The first-order chi connectivity index (χ1) is 11.1. The fourth-order valence-corrected chi connectivity index (χ4v) is 4.95. The Labute approximate surface area is 151 Å². The SMILES string of the molecule is CCC(=O)N1CCCC(C(=O)NC2C3CCCC2CC(N)C3)C1.Cl. The van der Waals surface area contributed by atoms with Gasteiger partial charge in [-0.15, -0.1) is 12.4 Å². The van der Waals surface area contributed by atoms with Gasteiger partial charge in [0.15, 0.2) is 0 Å². The van der Waals surface area contributed by atoms with E-state index >= 15 is 0 Å². The largest absolute Gasteiger partial charge is 0.353 e. The number of likely N-dealkylation sites (tertiary alicyclic amines) is 1. The van der Waals surface area contributed by atoms with Crippen LogP contribution in [0.2, 0.25) is 0 Å². The first-order valence-electron chi connectivity index (χ1n) is 9.42. The summed E-state index contributed by atoms with van der Waals surface area (Å²) < 4.78 is 0. The number of fused-ring (bicyclic) bond motifs is 2. The zero-order chi connectivity index (χ0) is 16.4. The van der Waals surface area contributed by atoms with Gasteiger partial charge in [-0.05, 0) is 50.4 Å². The van der Waals surface area contributed by atoms with Gasteiger partial charge in [0.2, 0.25) is 11.8 Å². The van der Waals surface area contributed by atoms with Crippen LogP contribution in [0.5, 0.6) is 0 Å². The van der Waals surface area contributed by atoms with Crippen molar-refractivity contribution in [3.05, 3.63) is 0 Å². The van der Waals surface area contributed by atoms with Gasteiger partial charge in [0.05, 0.1) is 5.92 Å². The molecule has 138 valence electrons. The van der Waals surface area contributed by atoms with Crippen molar-refractivity contribution in [3.8, 4) is 0 Å². The van der Waals surface area contributed by atoms with Crippen LogP contribution in [0.3, 0.4) is 0 Å². The summed E-state index contributed by atoms with van der Waals surface area (Å²) >= 11 is 0. The number of nitrogens with zero attached hydrogens (tertiary/aromatic N) is 1. The molecule has 2 amide bonds. The Bertz CT molecular complexity index is 446. The average Bonchev–Trinajstić information content (AvgIpc) is 2.55. The Morgan fingerprint density at radius 3 is 2.42 bits per heavy atom. The van der Waals surface area contributed by atoms with Crippen molar-refractivity contribution < 1.29 is 9.59 Å². The number of carbonyl (C=O) groups is 2. The summed E-state index contributed by atoms with van der Waals surface area (Å²) in [6.07, 6.45) is 8.13. The van der Waals surface area contributed by atoms with Gasteiger partial charge in [0.25, 0.3) is 0 Å². The quantitative estimate of drug-likeness (QED) is 0.812. The Hall–Kier alpha value is -0.810. The van der Waals surface area contributed by atoms with Crippen LogP contribution >= 0.6 is 12.4 Å². The molecule has 3 atom stereocenters. The smallest absolute Gasteiger partial charge is 0.225 e. The van der Waals surface area contributed by atoms with E-state index in [-0.39, 0.29) is 30.1 Å². The van der Waals surface area contributed by atoms with Crippen LogP contribution in [0.4, 0.5) is 0 Å². The summed E-state index contributed by atoms with van der Waals surface area (Å²) in [5.41, 5.74) is 6.17. The van der Waals surface area contributed by atoms with Gasteiger partial charge in [-0.1, -0.05) is 13.3 Å². The van der Waals surface area contributed by atoms with Crippen LogP contribution in [0, 0.1) is 17.8 Å². The number of piperidine rings is 1. The molecule has 3 rings (SSSR count). The van der Waals surface area contributed by atoms with E-state index in [1.54, 1.807) is 0 Å². The molecule has 6 heteroatoms. The Morgan fingerprint density at radius 2 is 1.79 bits per heavy atom. The molecule has 0 radical (unpaired) electrons. The first-order valence-corrected chi connectivity index (χ1v) is 9.42. The lowest BCUT2D eigenvalue weighted by atomic mass is 9.67. The molecule has 24 heavy (non-hydrogen) atoms. The van der Waals surface area contributed by atoms with Crippen LogP contribution in [0.1, 0.15) is 58.3 Å². The maximum Gasteiger partial charge on any atom is 0.225 e. The first kappa shape index (κ1) is 19.5. The summed E-state index contributed by atoms with van der Waals surface area (Å²) in [6.45, 7) is 3.29. The second-order valence-electron chi connectivity index (χ2n) is 7.75. The second-order valence-corrected chi connectivity index (χ2v) is 7.75. The minimum atomic E-state index is -0.0319. The van der Waals surface area contributed by atoms with Crippen LogP contribution in [0.25, 0.3) is 0 Å². The van der Waals surface area contributed by atoms with E-state index in [2.05, 4.69) is 5.32 Å². The van der Waals surface area contributed by atoms with Gasteiger partial charge in [-0.2, -0.15) is 0 Å². The number of carbonyl (C=O) groups excluding carboxylic acids is 2. The summed E-state index contributed by atoms with van der Waals surface area (Å²) in [5, 5.41) is 3.36. The van der Waals surface area contributed by atoms with Gasteiger partial charge in [0.1, 0.15) is 0 Å². The second kappa shape index (κ2) is 8.52. The van der Waals surface area contributed by atoms with E-state index in [4.69, 9.17) is 5.73 Å². The van der Waals surface area contributed by atoms with E-state index in [1.807, 2.05) is 11.8 Å². The van der Waals surface area contributed by atoms with Crippen molar-refractivity contribution in [2.24, 2.45) is 23.5 Å². The lowest BCUT2D eigenvalue weighted by Gasteiger charge is -2.46. The zero-order valence-electron chi connectivity index (χ0n) is 14.7. The van der Waals surface area contributed by atoms with Crippen LogP contribution in [-0.2, 0) is 9.59 Å². The van der Waals surface area contributed by atoms with Crippen molar-refractivity contribution >= 4 is 24.2 Å². The molecule has 0 aromatic carbocycles. The van der Waals surface area contributed by atoms with Gasteiger partial charge < -0.3 is 16.0 Å². The highest BCUT2D eigenvalue weighted by atomic mass is 35.5. The summed E-state index contributed by atoms with van der Waals surface area (Å²) in [6, 6.07) is 0.624. The molecule has 1 saturated heterocycles. The molecule has 1 heterocycles. The highest BCUT2D eigenvalue weighted by molar-refractivity contribution is 5.85. The molecule has 3 fully saturated rings. The topological polar surface area (TPSA) is 75.4 Å². The summed E-state index contributed by atoms with van der Waals surface area (Å²) in [5.74, 6) is 1.41. The standard InChI is InChI=1S/C18H31N3O2.ClH/c1-2-16(22)21-8-4-7-14(11-21)18(23)20-17-12-5-3-6-13(17)10-15(19)9-12;/h12-15,17H,2-11,19H2,1H3,(H,20,23);1H. The fourth-order valence-electron chi connectivity index (χ4n) is 4.95. The van der Waals surface area contributed by atoms with Gasteiger partial charge in [0, 0.05) is 31.6 Å². The maximum atomic E-state index is 12.8. The van der Waals surface area contributed by atoms with E-state index in [0.717, 1.165) is 32.2 Å². The molecule has 2 bridgehead atoms. The van der Waals surface area contributed by atoms with Gasteiger partial charge in [-0.3, -0.25) is 9.59 Å². The third kappa shape index (κ3) is 4.23. The fraction of sp³-hybridized carbons (Fsp3) is 0.889. The molecule has 5 nitrogen and oxygen atoms in total. The highest BCUT2D eigenvalue weighted by Gasteiger charge is 2.41. The van der Waals surface area contributed by atoms with E-state index in [9.17, 15) is 9.59 Å². The molecule has 2 saturated carbocycles. The molecule has 3 unspecified atom stereocenters. The highest BCUT2D eigenvalue weighted by Crippen LogP contribution is 2.39. The number of nitrogens with two attached hydrogens (primary N) is 1. The molecule has 3 N–H and O–H groups in total. The molecule has 3 aliphatic rings. The Kier molecular flexibility index (Phi) is 6.93. The maximum absolute atomic E-state index is 12.8. The number of hydrogen-bond acceptors (Lipinski definition) is 3. The van der Waals surface area contributed by atoms with E-state index < -0.39 is 0 Å². The molecule has 0 aromatic rings. The molecular weight excluding hydrogens is 326 g/mol. The monoisotopic (exact) mass is 357 g/mol. The minimum absolute atomic E-state index is 0. The van der Waals surface area contributed by atoms with Crippen molar-refractivity contribution in [2.75, 3.05) is 13.1 Å². The number of halogens is 1. The van der Waals surface area contributed by atoms with Crippen LogP contribution in [0.15, 0.2) is 0 Å². The van der Waals surface area contributed by atoms with Gasteiger partial charge >= 0.3 is 0 Å². The predicted octanol–water partition coefficient (Wildman–Crippen LogP) is 2.08. The third-order valence-electron chi connectivity index (χ3n) is 6.13. The summed E-state index contributed by atoms with van der Waals surface area (Å²) in [4.78, 5) is 26.5. The number of rotatable bonds is 3. The Balaban J connectivity index is 0.00000208. The third-order valence-corrected chi connectivity index (χ3v) is 6.13. The Morgan fingerprint density at radius 1 is 1.12 bits per heavy atom. The summed E-state index contributed by atoms with van der Waals surface area (Å²) in [7, 11) is 0. The number of amides is 2. The molecule has 2 aliphatic carbocycles. The average molecular weight is 358 g/mol.